The van der Waals surface area contributed by atoms with Gasteiger partial charge in [0.2, 0.25) is 0 Å². The summed E-state index contributed by atoms with van der Waals surface area (Å²) in [5, 5.41) is 14.5. The fraction of sp³-hybridized carbons (Fsp3) is 0.375. The molecule has 1 saturated carbocycles. The van der Waals surface area contributed by atoms with Crippen LogP contribution >= 0.6 is 27.5 Å². The highest BCUT2D eigenvalue weighted by Crippen LogP contribution is 2.38. The molecule has 0 amide bonds. The molecule has 1 fully saturated rings. The second kappa shape index (κ2) is 5.82. The zero-order valence-electron chi connectivity index (χ0n) is 11.7. The standard InChI is InChI=1S/C16H15BrClN3/c1-10-8-12(17)6-7-14(10)21-16(18)13(9-19)15(20-21)11-4-2-3-5-11/h6-8,11H,2-5H2,1H3. The number of nitriles is 1. The van der Waals surface area contributed by atoms with Crippen molar-refractivity contribution in [1.29, 1.82) is 5.26 Å². The molecule has 3 rings (SSSR count). The molecule has 2 aromatic rings. The SMILES string of the molecule is Cc1cc(Br)ccc1-n1nc(C2CCCC2)c(C#N)c1Cl. The fourth-order valence-electron chi connectivity index (χ4n) is 3.02. The van der Waals surface area contributed by atoms with Gasteiger partial charge in [0.1, 0.15) is 11.6 Å². The fourth-order valence-corrected chi connectivity index (χ4v) is 3.76. The van der Waals surface area contributed by atoms with Gasteiger partial charge in [0.05, 0.1) is 11.4 Å². The summed E-state index contributed by atoms with van der Waals surface area (Å²) < 4.78 is 2.72. The van der Waals surface area contributed by atoms with Crippen molar-refractivity contribution in [2.45, 2.75) is 38.5 Å². The second-order valence-electron chi connectivity index (χ2n) is 5.49. The highest BCUT2D eigenvalue weighted by atomic mass is 79.9. The number of aryl methyl sites for hydroxylation is 1. The third kappa shape index (κ3) is 2.61. The highest BCUT2D eigenvalue weighted by Gasteiger charge is 2.27. The Morgan fingerprint density at radius 1 is 1.38 bits per heavy atom. The Balaban J connectivity index is 2.13. The molecule has 0 atom stereocenters. The lowest BCUT2D eigenvalue weighted by Crippen LogP contribution is -2.01. The minimum absolute atomic E-state index is 0.370. The van der Waals surface area contributed by atoms with Gasteiger partial charge in [0, 0.05) is 10.4 Å². The van der Waals surface area contributed by atoms with E-state index in [0.29, 0.717) is 16.6 Å². The summed E-state index contributed by atoms with van der Waals surface area (Å²) >= 11 is 9.88. The van der Waals surface area contributed by atoms with E-state index in [9.17, 15) is 5.26 Å². The molecule has 0 spiro atoms. The van der Waals surface area contributed by atoms with Gasteiger partial charge in [-0.3, -0.25) is 0 Å². The summed E-state index contributed by atoms with van der Waals surface area (Å²) in [5.74, 6) is 0.370. The molecule has 1 aliphatic rings. The Morgan fingerprint density at radius 2 is 2.10 bits per heavy atom. The Bertz CT molecular complexity index is 724. The molecule has 1 heterocycles. The largest absolute Gasteiger partial charge is 0.220 e. The van der Waals surface area contributed by atoms with E-state index in [1.54, 1.807) is 4.68 Å². The van der Waals surface area contributed by atoms with E-state index in [4.69, 9.17) is 11.6 Å². The quantitative estimate of drug-likeness (QED) is 0.741. The van der Waals surface area contributed by atoms with Crippen LogP contribution in [0.1, 0.15) is 48.4 Å². The van der Waals surface area contributed by atoms with Crippen molar-refractivity contribution >= 4 is 27.5 Å². The molecule has 0 N–H and O–H groups in total. The summed E-state index contributed by atoms with van der Waals surface area (Å²) in [6.07, 6.45) is 4.61. The smallest absolute Gasteiger partial charge is 0.150 e. The summed E-state index contributed by atoms with van der Waals surface area (Å²) in [5.41, 5.74) is 3.38. The van der Waals surface area contributed by atoms with Gasteiger partial charge in [-0.25, -0.2) is 4.68 Å². The maximum Gasteiger partial charge on any atom is 0.150 e. The molecule has 21 heavy (non-hydrogen) atoms. The Hall–Kier alpha value is -1.31. The normalized spacial score (nSPS) is 15.3. The van der Waals surface area contributed by atoms with E-state index in [-0.39, 0.29) is 0 Å². The van der Waals surface area contributed by atoms with Crippen LogP contribution in [0.25, 0.3) is 5.69 Å². The number of halogens is 2. The first-order valence-electron chi connectivity index (χ1n) is 7.07. The number of rotatable bonds is 2. The van der Waals surface area contributed by atoms with Gasteiger partial charge < -0.3 is 0 Å². The third-order valence-corrected chi connectivity index (χ3v) is 4.94. The van der Waals surface area contributed by atoms with Gasteiger partial charge in [0.15, 0.2) is 5.15 Å². The van der Waals surface area contributed by atoms with Crippen molar-refractivity contribution in [2.75, 3.05) is 0 Å². The van der Waals surface area contributed by atoms with Crippen molar-refractivity contribution in [3.63, 3.8) is 0 Å². The van der Waals surface area contributed by atoms with E-state index < -0.39 is 0 Å². The van der Waals surface area contributed by atoms with Crippen LogP contribution < -0.4 is 0 Å². The summed E-state index contributed by atoms with van der Waals surface area (Å²) in [4.78, 5) is 0. The van der Waals surface area contributed by atoms with Gasteiger partial charge in [-0.15, -0.1) is 0 Å². The lowest BCUT2D eigenvalue weighted by atomic mass is 10.0. The van der Waals surface area contributed by atoms with Gasteiger partial charge in [-0.05, 0) is 43.5 Å². The van der Waals surface area contributed by atoms with E-state index >= 15 is 0 Å². The van der Waals surface area contributed by atoms with Gasteiger partial charge in [-0.1, -0.05) is 40.4 Å². The zero-order chi connectivity index (χ0) is 15.0. The molecule has 0 unspecified atom stereocenters. The van der Waals surface area contributed by atoms with E-state index in [1.807, 2.05) is 25.1 Å². The van der Waals surface area contributed by atoms with Crippen molar-refractivity contribution in [2.24, 2.45) is 0 Å². The van der Waals surface area contributed by atoms with Crippen molar-refractivity contribution in [3.05, 3.63) is 44.6 Å². The predicted molar refractivity (Wildman–Crippen MR) is 86.9 cm³/mol. The average Bonchev–Trinajstić information content (AvgIpc) is 3.07. The highest BCUT2D eigenvalue weighted by molar-refractivity contribution is 9.10. The van der Waals surface area contributed by atoms with Crippen LogP contribution in [0.4, 0.5) is 0 Å². The number of hydrogen-bond donors (Lipinski definition) is 0. The maximum absolute atomic E-state index is 9.44. The van der Waals surface area contributed by atoms with Crippen LogP contribution in [0.5, 0.6) is 0 Å². The zero-order valence-corrected chi connectivity index (χ0v) is 14.1. The third-order valence-electron chi connectivity index (χ3n) is 4.10. The molecule has 0 bridgehead atoms. The maximum atomic E-state index is 9.44. The van der Waals surface area contributed by atoms with Crippen LogP contribution in [-0.2, 0) is 0 Å². The van der Waals surface area contributed by atoms with Crippen molar-refractivity contribution in [1.82, 2.24) is 9.78 Å². The molecule has 0 saturated heterocycles. The minimum Gasteiger partial charge on any atom is -0.220 e. The first-order chi connectivity index (χ1) is 10.1. The van der Waals surface area contributed by atoms with E-state index in [2.05, 4.69) is 27.1 Å². The molecule has 5 heteroatoms. The molecule has 1 aromatic carbocycles. The minimum atomic E-state index is 0.370. The lowest BCUT2D eigenvalue weighted by Gasteiger charge is -2.08. The second-order valence-corrected chi connectivity index (χ2v) is 6.76. The molecular weight excluding hydrogens is 350 g/mol. The van der Waals surface area contributed by atoms with Gasteiger partial charge in [-0.2, -0.15) is 10.4 Å². The van der Waals surface area contributed by atoms with Gasteiger partial charge >= 0.3 is 0 Å². The van der Waals surface area contributed by atoms with E-state index in [0.717, 1.165) is 34.3 Å². The summed E-state index contributed by atoms with van der Waals surface area (Å²) in [7, 11) is 0. The Kier molecular flexibility index (Phi) is 4.05. The summed E-state index contributed by atoms with van der Waals surface area (Å²) in [6.45, 7) is 2.01. The molecule has 0 radical (unpaired) electrons. The van der Waals surface area contributed by atoms with Crippen molar-refractivity contribution < 1.29 is 0 Å². The number of benzene rings is 1. The molecule has 0 aliphatic heterocycles. The monoisotopic (exact) mass is 363 g/mol. The Labute approximate surface area is 137 Å². The predicted octanol–water partition coefficient (Wildman–Crippen LogP) is 5.13. The van der Waals surface area contributed by atoms with E-state index in [1.165, 1.54) is 12.8 Å². The molecule has 108 valence electrons. The number of hydrogen-bond acceptors (Lipinski definition) is 2. The number of nitrogens with zero attached hydrogens (tertiary/aromatic N) is 3. The van der Waals surface area contributed by atoms with Crippen LogP contribution in [0, 0.1) is 18.3 Å². The molecule has 1 aliphatic carbocycles. The molecule has 3 nitrogen and oxygen atoms in total. The van der Waals surface area contributed by atoms with Crippen LogP contribution in [-0.4, -0.2) is 9.78 Å². The van der Waals surface area contributed by atoms with Crippen LogP contribution in [0.15, 0.2) is 22.7 Å². The van der Waals surface area contributed by atoms with Crippen LogP contribution in [0.3, 0.4) is 0 Å². The first-order valence-corrected chi connectivity index (χ1v) is 8.24. The first kappa shape index (κ1) is 14.6. The van der Waals surface area contributed by atoms with Crippen molar-refractivity contribution in [3.8, 4) is 11.8 Å². The average molecular weight is 365 g/mol. The summed E-state index contributed by atoms with van der Waals surface area (Å²) in [6, 6.07) is 8.19. The lowest BCUT2D eigenvalue weighted by molar-refractivity contribution is 0.677. The topological polar surface area (TPSA) is 41.6 Å². The Morgan fingerprint density at radius 3 is 2.71 bits per heavy atom. The number of aromatic nitrogens is 2. The van der Waals surface area contributed by atoms with Crippen LogP contribution in [0.2, 0.25) is 5.15 Å². The van der Waals surface area contributed by atoms with Gasteiger partial charge in [0.25, 0.3) is 0 Å². The molecule has 1 aromatic heterocycles. The molecular formula is C16H15BrClN3.